The molecule has 3 aromatic rings. The second-order valence-corrected chi connectivity index (χ2v) is 6.66. The molecule has 1 atom stereocenters. The van der Waals surface area contributed by atoms with E-state index in [0.29, 0.717) is 25.5 Å². The Morgan fingerprint density at radius 2 is 2.16 bits per heavy atom. The van der Waals surface area contributed by atoms with Crippen LogP contribution in [0.3, 0.4) is 0 Å². The SMILES string of the molecule is Cc1ncoc1C(=O)N1CCOC[C@@H]1c1csc(-c2ccccc2)n1. The molecule has 128 valence electrons. The van der Waals surface area contributed by atoms with E-state index in [1.807, 2.05) is 35.7 Å². The fraction of sp³-hybridized carbons (Fsp3) is 0.278. The van der Waals surface area contributed by atoms with E-state index in [-0.39, 0.29) is 17.7 Å². The van der Waals surface area contributed by atoms with Crippen LogP contribution in [0.15, 0.2) is 46.5 Å². The molecule has 2 aromatic heterocycles. The minimum absolute atomic E-state index is 0.169. The van der Waals surface area contributed by atoms with Gasteiger partial charge in [-0.05, 0) is 6.92 Å². The average molecular weight is 355 g/mol. The van der Waals surface area contributed by atoms with Gasteiger partial charge in [-0.25, -0.2) is 9.97 Å². The summed E-state index contributed by atoms with van der Waals surface area (Å²) in [6.07, 6.45) is 1.30. The number of aromatic nitrogens is 2. The smallest absolute Gasteiger partial charge is 0.292 e. The molecule has 7 heteroatoms. The maximum absolute atomic E-state index is 12.9. The minimum atomic E-state index is -0.223. The van der Waals surface area contributed by atoms with Crippen LogP contribution in [0.2, 0.25) is 0 Å². The largest absolute Gasteiger partial charge is 0.438 e. The highest BCUT2D eigenvalue weighted by molar-refractivity contribution is 7.13. The number of aryl methyl sites for hydroxylation is 1. The predicted octanol–water partition coefficient (Wildman–Crippen LogP) is 3.32. The van der Waals surface area contributed by atoms with Crippen LogP contribution in [0.5, 0.6) is 0 Å². The van der Waals surface area contributed by atoms with Gasteiger partial charge in [-0.3, -0.25) is 4.79 Å². The van der Waals surface area contributed by atoms with E-state index in [0.717, 1.165) is 16.3 Å². The highest BCUT2D eigenvalue weighted by atomic mass is 32.1. The van der Waals surface area contributed by atoms with Gasteiger partial charge in [0.25, 0.3) is 5.91 Å². The summed E-state index contributed by atoms with van der Waals surface area (Å²) < 4.78 is 10.9. The molecule has 1 aliphatic rings. The van der Waals surface area contributed by atoms with E-state index >= 15 is 0 Å². The number of thiazole rings is 1. The van der Waals surface area contributed by atoms with Gasteiger partial charge in [-0.1, -0.05) is 30.3 Å². The fourth-order valence-corrected chi connectivity index (χ4v) is 3.75. The molecule has 0 saturated carbocycles. The van der Waals surface area contributed by atoms with Crippen molar-refractivity contribution in [2.75, 3.05) is 19.8 Å². The lowest BCUT2D eigenvalue weighted by Gasteiger charge is -2.34. The maximum atomic E-state index is 12.9. The van der Waals surface area contributed by atoms with Gasteiger partial charge in [0.1, 0.15) is 5.01 Å². The van der Waals surface area contributed by atoms with Gasteiger partial charge >= 0.3 is 0 Å². The van der Waals surface area contributed by atoms with Crippen LogP contribution in [-0.4, -0.2) is 40.5 Å². The molecule has 1 aliphatic heterocycles. The molecule has 1 amide bonds. The van der Waals surface area contributed by atoms with E-state index in [4.69, 9.17) is 14.1 Å². The highest BCUT2D eigenvalue weighted by Gasteiger charge is 2.33. The van der Waals surface area contributed by atoms with Crippen LogP contribution in [0.4, 0.5) is 0 Å². The summed E-state index contributed by atoms with van der Waals surface area (Å²) in [6, 6.07) is 9.79. The number of ether oxygens (including phenoxy) is 1. The third kappa shape index (κ3) is 3.08. The average Bonchev–Trinajstić information content (AvgIpc) is 3.31. The standard InChI is InChI=1S/C18H17N3O3S/c1-12-16(24-11-19-12)18(22)21-7-8-23-9-15(21)14-10-25-17(20-14)13-5-3-2-4-6-13/h2-6,10-11,15H,7-9H2,1H3/t15-/m1/s1. The van der Waals surface area contributed by atoms with Gasteiger partial charge in [0, 0.05) is 17.5 Å². The number of morpholine rings is 1. The molecule has 0 unspecified atom stereocenters. The van der Waals surface area contributed by atoms with Crippen molar-refractivity contribution in [3.05, 3.63) is 59.3 Å². The van der Waals surface area contributed by atoms with Crippen molar-refractivity contribution in [1.82, 2.24) is 14.9 Å². The first-order valence-corrected chi connectivity index (χ1v) is 8.91. The number of carbonyl (C=O) groups excluding carboxylic acids is 1. The molecule has 0 N–H and O–H groups in total. The van der Waals surface area contributed by atoms with Crippen molar-refractivity contribution >= 4 is 17.2 Å². The van der Waals surface area contributed by atoms with Crippen molar-refractivity contribution in [3.8, 4) is 10.6 Å². The van der Waals surface area contributed by atoms with Crippen molar-refractivity contribution in [2.24, 2.45) is 0 Å². The number of oxazole rings is 1. The van der Waals surface area contributed by atoms with Gasteiger partial charge in [0.2, 0.25) is 5.76 Å². The van der Waals surface area contributed by atoms with E-state index in [1.165, 1.54) is 6.39 Å². The Morgan fingerprint density at radius 1 is 1.32 bits per heavy atom. The Morgan fingerprint density at radius 3 is 2.92 bits per heavy atom. The number of hydrogen-bond donors (Lipinski definition) is 0. The monoisotopic (exact) mass is 355 g/mol. The molecule has 0 aliphatic carbocycles. The topological polar surface area (TPSA) is 68.5 Å². The van der Waals surface area contributed by atoms with Gasteiger partial charge in [-0.15, -0.1) is 11.3 Å². The molecule has 0 spiro atoms. The summed E-state index contributed by atoms with van der Waals surface area (Å²) >= 11 is 1.57. The van der Waals surface area contributed by atoms with Crippen LogP contribution in [0, 0.1) is 6.92 Å². The number of benzene rings is 1. The Labute approximate surface area is 149 Å². The molecular weight excluding hydrogens is 338 g/mol. The molecule has 1 aromatic carbocycles. The lowest BCUT2D eigenvalue weighted by Crippen LogP contribution is -2.43. The lowest BCUT2D eigenvalue weighted by atomic mass is 10.1. The summed E-state index contributed by atoms with van der Waals surface area (Å²) in [7, 11) is 0. The third-order valence-electron chi connectivity index (χ3n) is 4.21. The summed E-state index contributed by atoms with van der Waals surface area (Å²) in [6.45, 7) is 3.20. The molecule has 0 bridgehead atoms. The zero-order valence-corrected chi connectivity index (χ0v) is 14.5. The van der Waals surface area contributed by atoms with E-state index in [2.05, 4.69) is 4.98 Å². The van der Waals surface area contributed by atoms with Crippen LogP contribution >= 0.6 is 11.3 Å². The number of nitrogens with zero attached hydrogens (tertiary/aromatic N) is 3. The van der Waals surface area contributed by atoms with Gasteiger partial charge in [0.05, 0.1) is 30.6 Å². The molecular formula is C18H17N3O3S. The quantitative estimate of drug-likeness (QED) is 0.721. The first-order valence-electron chi connectivity index (χ1n) is 8.03. The van der Waals surface area contributed by atoms with E-state index in [1.54, 1.807) is 23.2 Å². The molecule has 1 fully saturated rings. The summed E-state index contributed by atoms with van der Waals surface area (Å²) in [5.41, 5.74) is 2.51. The van der Waals surface area contributed by atoms with Crippen LogP contribution < -0.4 is 0 Å². The van der Waals surface area contributed by atoms with E-state index < -0.39 is 0 Å². The van der Waals surface area contributed by atoms with Crippen molar-refractivity contribution in [2.45, 2.75) is 13.0 Å². The van der Waals surface area contributed by atoms with Gasteiger partial charge in [-0.2, -0.15) is 0 Å². The maximum Gasteiger partial charge on any atom is 0.292 e. The second kappa shape index (κ2) is 6.78. The molecule has 4 rings (SSSR count). The molecule has 25 heavy (non-hydrogen) atoms. The Hall–Kier alpha value is -2.51. The predicted molar refractivity (Wildman–Crippen MR) is 93.4 cm³/mol. The summed E-state index contributed by atoms with van der Waals surface area (Å²) in [4.78, 5) is 23.4. The van der Waals surface area contributed by atoms with Crippen molar-refractivity contribution in [3.63, 3.8) is 0 Å². The van der Waals surface area contributed by atoms with Crippen LogP contribution in [-0.2, 0) is 4.74 Å². The number of rotatable bonds is 3. The lowest BCUT2D eigenvalue weighted by molar-refractivity contribution is -0.00531. The summed E-state index contributed by atoms with van der Waals surface area (Å²) in [5, 5.41) is 2.93. The normalized spacial score (nSPS) is 17.6. The first-order chi connectivity index (χ1) is 12.2. The summed E-state index contributed by atoms with van der Waals surface area (Å²) in [5.74, 6) is 0.114. The highest BCUT2D eigenvalue weighted by Crippen LogP contribution is 2.31. The molecule has 6 nitrogen and oxygen atoms in total. The first kappa shape index (κ1) is 16.0. The molecule has 0 radical (unpaired) electrons. The van der Waals surface area contributed by atoms with Crippen molar-refractivity contribution < 1.29 is 13.9 Å². The molecule has 3 heterocycles. The number of carbonyl (C=O) groups is 1. The zero-order valence-electron chi connectivity index (χ0n) is 13.7. The Balaban J connectivity index is 1.63. The Bertz CT molecular complexity index is 875. The Kier molecular flexibility index (Phi) is 4.33. The number of amides is 1. The third-order valence-corrected chi connectivity index (χ3v) is 5.12. The fourth-order valence-electron chi connectivity index (χ4n) is 2.88. The van der Waals surface area contributed by atoms with Crippen molar-refractivity contribution in [1.29, 1.82) is 0 Å². The van der Waals surface area contributed by atoms with Gasteiger partial charge < -0.3 is 14.1 Å². The zero-order chi connectivity index (χ0) is 17.2. The molecule has 1 saturated heterocycles. The number of hydrogen-bond acceptors (Lipinski definition) is 6. The van der Waals surface area contributed by atoms with Crippen LogP contribution in [0.25, 0.3) is 10.6 Å². The second-order valence-electron chi connectivity index (χ2n) is 5.80. The van der Waals surface area contributed by atoms with Crippen LogP contribution in [0.1, 0.15) is 28.0 Å². The van der Waals surface area contributed by atoms with E-state index in [9.17, 15) is 4.79 Å². The minimum Gasteiger partial charge on any atom is -0.438 e. The van der Waals surface area contributed by atoms with Gasteiger partial charge in [0.15, 0.2) is 6.39 Å².